The molecule has 3 nitrogen and oxygen atoms in total. The molecule has 0 atom stereocenters. The quantitative estimate of drug-likeness (QED) is 0.170. The minimum absolute atomic E-state index is 0.0711. The average Bonchev–Trinajstić information content (AvgIpc) is 2.84. The molecule has 4 aromatic rings. The van der Waals surface area contributed by atoms with Gasteiger partial charge in [-0.05, 0) is 65.4 Å². The summed E-state index contributed by atoms with van der Waals surface area (Å²) < 4.78 is 7.15. The van der Waals surface area contributed by atoms with Crippen molar-refractivity contribution in [2.45, 2.75) is 45.7 Å². The minimum Gasteiger partial charge on any atom is -0.497 e. The number of allylic oxidation sites excluding steroid dienone is 1. The molecule has 0 radical (unpaired) electrons. The SMILES string of the molecule is C=C(C)[Si](C#Cc1ccc(=O)n2c(-c3ccc(OC)cc3)cc3ccccc3c12)(C(C)C)C(C)C. The number of hydrogen-bond donors (Lipinski definition) is 0. The number of hydrogen-bond acceptors (Lipinski definition) is 2. The zero-order valence-electron chi connectivity index (χ0n) is 21.5. The first-order chi connectivity index (χ1) is 16.7. The lowest BCUT2D eigenvalue weighted by Crippen LogP contribution is -2.41. The highest BCUT2D eigenvalue weighted by Gasteiger charge is 2.39. The average molecular weight is 480 g/mol. The second-order valence-electron chi connectivity index (χ2n) is 9.82. The van der Waals surface area contributed by atoms with Gasteiger partial charge in [-0.2, -0.15) is 0 Å². The Morgan fingerprint density at radius 1 is 0.971 bits per heavy atom. The predicted octanol–water partition coefficient (Wildman–Crippen LogP) is 7.40. The van der Waals surface area contributed by atoms with E-state index in [0.717, 1.165) is 38.9 Å². The summed E-state index contributed by atoms with van der Waals surface area (Å²) in [4.78, 5) is 13.3. The van der Waals surface area contributed by atoms with E-state index in [1.54, 1.807) is 13.2 Å². The van der Waals surface area contributed by atoms with E-state index in [-0.39, 0.29) is 5.56 Å². The molecular formula is C31H33NO2Si. The Kier molecular flexibility index (Phi) is 6.74. The van der Waals surface area contributed by atoms with Crippen LogP contribution in [0.1, 0.15) is 40.2 Å². The fourth-order valence-corrected chi connectivity index (χ4v) is 9.82. The van der Waals surface area contributed by atoms with Crippen molar-refractivity contribution in [3.05, 3.63) is 94.4 Å². The summed E-state index contributed by atoms with van der Waals surface area (Å²) >= 11 is 0. The van der Waals surface area contributed by atoms with Crippen molar-refractivity contribution < 1.29 is 4.74 Å². The first kappa shape index (κ1) is 24.6. The van der Waals surface area contributed by atoms with E-state index >= 15 is 0 Å². The smallest absolute Gasteiger partial charge is 0.255 e. The van der Waals surface area contributed by atoms with E-state index in [4.69, 9.17) is 4.74 Å². The van der Waals surface area contributed by atoms with Gasteiger partial charge in [0.15, 0.2) is 8.07 Å². The van der Waals surface area contributed by atoms with Crippen LogP contribution in [0.4, 0.5) is 0 Å². The molecule has 0 aliphatic rings. The van der Waals surface area contributed by atoms with Gasteiger partial charge in [0, 0.05) is 17.0 Å². The molecule has 4 heteroatoms. The van der Waals surface area contributed by atoms with Crippen LogP contribution in [0.2, 0.25) is 11.1 Å². The van der Waals surface area contributed by atoms with Crippen molar-refractivity contribution in [1.29, 1.82) is 0 Å². The van der Waals surface area contributed by atoms with Crippen molar-refractivity contribution in [3.63, 3.8) is 0 Å². The third-order valence-electron chi connectivity index (χ3n) is 7.16. The summed E-state index contributed by atoms with van der Waals surface area (Å²) in [7, 11) is -0.472. The highest BCUT2D eigenvalue weighted by molar-refractivity contribution is 6.95. The summed E-state index contributed by atoms with van der Waals surface area (Å²) in [5, 5.41) is 3.29. The van der Waals surface area contributed by atoms with Crippen LogP contribution in [-0.2, 0) is 0 Å². The van der Waals surface area contributed by atoms with Gasteiger partial charge in [-0.1, -0.05) is 63.1 Å². The Labute approximate surface area is 209 Å². The zero-order valence-corrected chi connectivity index (χ0v) is 22.5. The third kappa shape index (κ3) is 4.22. The van der Waals surface area contributed by atoms with E-state index in [0.29, 0.717) is 11.1 Å². The molecule has 0 N–H and O–H groups in total. The predicted molar refractivity (Wildman–Crippen MR) is 151 cm³/mol. The van der Waals surface area contributed by atoms with E-state index < -0.39 is 8.07 Å². The number of pyridine rings is 2. The highest BCUT2D eigenvalue weighted by atomic mass is 28.3. The van der Waals surface area contributed by atoms with Crippen molar-refractivity contribution in [2.24, 2.45) is 0 Å². The van der Waals surface area contributed by atoms with E-state index in [9.17, 15) is 4.79 Å². The largest absolute Gasteiger partial charge is 0.497 e. The van der Waals surface area contributed by atoms with Crippen molar-refractivity contribution >= 4 is 24.4 Å². The van der Waals surface area contributed by atoms with Crippen LogP contribution < -0.4 is 10.3 Å². The molecule has 35 heavy (non-hydrogen) atoms. The van der Waals surface area contributed by atoms with Crippen LogP contribution in [0, 0.1) is 11.5 Å². The lowest BCUT2D eigenvalue weighted by Gasteiger charge is -2.34. The molecule has 0 saturated heterocycles. The van der Waals surface area contributed by atoms with E-state index in [1.807, 2.05) is 46.9 Å². The molecule has 0 saturated carbocycles. The Bertz CT molecular complexity index is 1520. The number of rotatable bonds is 5. The first-order valence-corrected chi connectivity index (χ1v) is 14.3. The maximum atomic E-state index is 13.3. The summed E-state index contributed by atoms with van der Waals surface area (Å²) in [6, 6.07) is 21.6. The molecule has 0 unspecified atom stereocenters. The highest BCUT2D eigenvalue weighted by Crippen LogP contribution is 2.37. The van der Waals surface area contributed by atoms with Crippen LogP contribution in [0.5, 0.6) is 5.75 Å². The van der Waals surface area contributed by atoms with Gasteiger partial charge in [-0.25, -0.2) is 0 Å². The fraction of sp³-hybridized carbons (Fsp3) is 0.258. The van der Waals surface area contributed by atoms with Gasteiger partial charge in [0.05, 0.1) is 18.3 Å². The molecule has 178 valence electrons. The van der Waals surface area contributed by atoms with Crippen LogP contribution >= 0.6 is 0 Å². The van der Waals surface area contributed by atoms with Crippen LogP contribution in [0.15, 0.2) is 83.3 Å². The van der Waals surface area contributed by atoms with Crippen LogP contribution in [-0.4, -0.2) is 19.6 Å². The van der Waals surface area contributed by atoms with Gasteiger partial charge in [-0.15, -0.1) is 12.1 Å². The van der Waals surface area contributed by atoms with Gasteiger partial charge in [0.1, 0.15) is 5.75 Å². The monoisotopic (exact) mass is 479 g/mol. The molecule has 0 aliphatic carbocycles. The molecule has 4 rings (SSSR count). The number of aromatic nitrogens is 1. The Morgan fingerprint density at radius 2 is 1.63 bits per heavy atom. The number of benzene rings is 2. The van der Waals surface area contributed by atoms with Crippen molar-refractivity contribution in [3.8, 4) is 28.5 Å². The third-order valence-corrected chi connectivity index (χ3v) is 12.8. The molecule has 0 fully saturated rings. The second kappa shape index (κ2) is 9.60. The van der Waals surface area contributed by atoms with E-state index in [2.05, 4.69) is 70.9 Å². The summed E-state index contributed by atoms with van der Waals surface area (Å²) in [5.41, 5.74) is 8.08. The van der Waals surface area contributed by atoms with Gasteiger partial charge >= 0.3 is 0 Å². The molecule has 0 bridgehead atoms. The van der Waals surface area contributed by atoms with Crippen molar-refractivity contribution in [2.75, 3.05) is 7.11 Å². The van der Waals surface area contributed by atoms with Gasteiger partial charge < -0.3 is 4.74 Å². The first-order valence-electron chi connectivity index (χ1n) is 12.1. The Morgan fingerprint density at radius 3 is 2.23 bits per heavy atom. The van der Waals surface area contributed by atoms with Crippen molar-refractivity contribution in [1.82, 2.24) is 4.40 Å². The molecule has 0 spiro atoms. The normalized spacial score (nSPS) is 11.7. The standard InChI is InChI=1S/C31H33NO2Si/c1-21(2)35(22(3)4,23(5)6)19-18-25-14-17-30(33)32-29(24-12-15-27(34-7)16-13-24)20-26-10-8-9-11-28(26)31(25)32/h8-17,20,22-23H,1H2,2-7H3. The molecule has 2 aromatic heterocycles. The zero-order chi connectivity index (χ0) is 25.3. The number of methoxy groups -OCH3 is 1. The van der Waals surface area contributed by atoms with Crippen LogP contribution in [0.3, 0.4) is 0 Å². The number of fused-ring (bicyclic) bond motifs is 3. The Balaban J connectivity index is 2.10. The van der Waals surface area contributed by atoms with Gasteiger partial charge in [-0.3, -0.25) is 9.20 Å². The molecule has 0 amide bonds. The van der Waals surface area contributed by atoms with E-state index in [1.165, 1.54) is 5.20 Å². The van der Waals surface area contributed by atoms with Crippen LogP contribution in [0.25, 0.3) is 27.5 Å². The topological polar surface area (TPSA) is 30.7 Å². The number of ether oxygens (including phenoxy) is 1. The maximum Gasteiger partial charge on any atom is 0.255 e. The number of nitrogens with zero attached hydrogens (tertiary/aromatic N) is 1. The van der Waals surface area contributed by atoms with Gasteiger partial charge in [0.2, 0.25) is 0 Å². The lowest BCUT2D eigenvalue weighted by atomic mass is 10.0. The summed E-state index contributed by atoms with van der Waals surface area (Å²) in [5.74, 6) is 4.34. The second-order valence-corrected chi connectivity index (χ2v) is 15.0. The van der Waals surface area contributed by atoms with Gasteiger partial charge in [0.25, 0.3) is 5.56 Å². The molecule has 2 heterocycles. The fourth-order valence-electron chi connectivity index (χ4n) is 5.39. The molecule has 0 aliphatic heterocycles. The lowest BCUT2D eigenvalue weighted by molar-refractivity contribution is 0.415. The molecule has 2 aromatic carbocycles. The summed E-state index contributed by atoms with van der Waals surface area (Å²) in [6.07, 6.45) is 0. The molecular weight excluding hydrogens is 446 g/mol. The Hall–Kier alpha value is -3.55. The maximum absolute atomic E-state index is 13.3. The minimum atomic E-state index is -2.12. The summed E-state index contributed by atoms with van der Waals surface area (Å²) in [6.45, 7) is 15.6.